The average molecular weight is 1620 g/mol. The van der Waals surface area contributed by atoms with Crippen LogP contribution in [0.5, 0.6) is 0 Å². The molecule has 0 saturated carbocycles. The Morgan fingerprint density at radius 1 is 0.688 bits per heavy atom. The average Bonchev–Trinajstić information content (AvgIpc) is 1.46. The normalized spacial score (nSPS) is 23.9. The first kappa shape index (κ1) is 88.1. The number of aliphatic hydroxyl groups excluding tert-OH is 3. The number of aromatic nitrogens is 12. The highest BCUT2D eigenvalue weighted by Gasteiger charge is 2.62. The maximum absolute atomic E-state index is 13.4. The molecule has 0 aliphatic carbocycles. The van der Waals surface area contributed by atoms with Crippen molar-refractivity contribution < 1.29 is 61.1 Å². The van der Waals surface area contributed by atoms with Crippen LogP contribution in [0, 0.1) is 24.3 Å². The second-order valence-corrected chi connectivity index (χ2v) is 41.6. The van der Waals surface area contributed by atoms with E-state index in [1.807, 2.05) is 51.1 Å². The van der Waals surface area contributed by atoms with Crippen LogP contribution >= 0.6 is 8.53 Å². The highest BCUT2D eigenvalue weighted by atomic mass is 31.2. The molecule has 616 valence electrons. The van der Waals surface area contributed by atoms with Crippen molar-refractivity contribution in [2.24, 2.45) is 22.9 Å². The summed E-state index contributed by atoms with van der Waals surface area (Å²) in [6.45, 7) is 49.1. The number of fused-ring (bicyclic) bond motifs is 4. The van der Waals surface area contributed by atoms with E-state index in [2.05, 4.69) is 196 Å². The molecule has 13 atom stereocenters. The number of aliphatic hydroxyl groups is 3. The van der Waals surface area contributed by atoms with Crippen molar-refractivity contribution in [3.05, 3.63) is 108 Å². The molecule has 0 spiro atoms. The first-order valence-electron chi connectivity index (χ1n) is 38.5. The molecular weight excluding hydrogens is 1500 g/mol. The summed E-state index contributed by atoms with van der Waals surface area (Å²) >= 11 is 0. The van der Waals surface area contributed by atoms with Gasteiger partial charge in [-0.1, -0.05) is 139 Å². The number of alkyl carbamates (subject to hydrolysis) is 1. The van der Waals surface area contributed by atoms with E-state index in [-0.39, 0.29) is 94.3 Å². The number of nitrogens with zero attached hydrogens (tertiary/aromatic N) is 14. The zero-order valence-corrected chi connectivity index (χ0v) is 70.4. The summed E-state index contributed by atoms with van der Waals surface area (Å²) in [7, 11) is -7.34. The van der Waals surface area contributed by atoms with Crippen molar-refractivity contribution in [2.45, 2.75) is 252 Å². The van der Waals surface area contributed by atoms with Gasteiger partial charge in [0.05, 0.1) is 44.4 Å². The number of hydrogen-bond acceptors (Lipinski definition) is 27. The number of amides is 1. The quantitative estimate of drug-likeness (QED) is 0.00380. The van der Waals surface area contributed by atoms with Crippen molar-refractivity contribution in [1.29, 1.82) is 0 Å². The van der Waals surface area contributed by atoms with Crippen LogP contribution in [0.3, 0.4) is 0 Å². The van der Waals surface area contributed by atoms with Crippen molar-refractivity contribution in [1.82, 2.24) is 68.5 Å². The summed E-state index contributed by atoms with van der Waals surface area (Å²) in [5.41, 5.74) is 10.3. The second kappa shape index (κ2) is 39.0. The van der Waals surface area contributed by atoms with Crippen LogP contribution in [0.15, 0.2) is 68.8 Å². The largest absolute Gasteiger partial charge is 0.445 e. The minimum absolute atomic E-state index is 0.0692. The van der Waals surface area contributed by atoms with E-state index in [1.165, 1.54) is 23.5 Å². The molecule has 112 heavy (non-hydrogen) atoms. The minimum atomic E-state index is -2.92. The fourth-order valence-corrected chi connectivity index (χ4v) is 27.0. The molecule has 4 aliphatic rings. The number of ether oxygens (including phenoxy) is 4. The summed E-state index contributed by atoms with van der Waals surface area (Å²) in [6, 6.07) is 7.75. The summed E-state index contributed by atoms with van der Waals surface area (Å²) in [5.74, 6) is 1.96. The van der Waals surface area contributed by atoms with Gasteiger partial charge in [-0.3, -0.25) is 43.0 Å². The molecule has 4 fully saturated rings. The smallest absolute Gasteiger partial charge is 0.407 e. The van der Waals surface area contributed by atoms with Gasteiger partial charge in [0.2, 0.25) is 24.4 Å². The SMILES string of the molecule is CC(C)CNc1nc2c(ncn2C2O[C@@H]3CO[Si](C(C)C)(C(C)C)O[Si](C(C)C)(C(C)C)OC3[C@H]2O)c(=O)[nH]1.CC(C)CNc1nc2c(ncn2C2O[C@H](CO)[C@@H](O)[C@H]2N=[N+]=[N-])c(=O)[nH]1.[C-]#[N+]CCOP(O[C@@H]1[C@@H](CC)OC(n2cnc3c(=O)[nH]c(NCC(C)C)nc32)[C@@H]1NC(=O)OCc1ccccc1)N(C(C)C)C(C)C. The number of carbonyl (C=O) groups excluding carboxylic acids is 1. The summed E-state index contributed by atoms with van der Waals surface area (Å²) in [4.78, 5) is 92.0. The molecule has 4 saturated heterocycles. The Morgan fingerprint density at radius 2 is 1.16 bits per heavy atom. The van der Waals surface area contributed by atoms with Crippen LogP contribution < -0.4 is 37.9 Å². The Balaban J connectivity index is 0.000000200. The molecule has 10 heterocycles. The highest BCUT2D eigenvalue weighted by molar-refractivity contribution is 7.44. The molecule has 4 aliphatic heterocycles. The predicted molar refractivity (Wildman–Crippen MR) is 427 cm³/mol. The Morgan fingerprint density at radius 3 is 1.60 bits per heavy atom. The Kier molecular flexibility index (Phi) is 30.6. The molecule has 0 bridgehead atoms. The molecule has 0 radical (unpaired) electrons. The number of H-pyrrole nitrogens is 3. The van der Waals surface area contributed by atoms with Crippen LogP contribution in [-0.2, 0) is 47.6 Å². The zero-order valence-electron chi connectivity index (χ0n) is 67.5. The zero-order chi connectivity index (χ0) is 81.8. The van der Waals surface area contributed by atoms with Gasteiger partial charge in [-0.2, -0.15) is 15.0 Å². The van der Waals surface area contributed by atoms with E-state index in [9.17, 15) is 34.5 Å². The molecule has 37 nitrogen and oxygen atoms in total. The molecule has 10 N–H and O–H groups in total. The first-order chi connectivity index (χ1) is 53.2. The van der Waals surface area contributed by atoms with E-state index in [4.69, 9.17) is 53.1 Å². The second-order valence-electron chi connectivity index (χ2n) is 31.4. The number of azide groups is 1. The Labute approximate surface area is 654 Å². The minimum Gasteiger partial charge on any atom is -0.445 e. The number of aromatic amines is 3. The third-order valence-corrected chi connectivity index (χ3v) is 32.0. The van der Waals surface area contributed by atoms with E-state index < -0.39 is 123 Å². The number of benzene rings is 1. The topological polar surface area (TPSA) is 456 Å². The third kappa shape index (κ3) is 20.1. The molecule has 1 amide bonds. The van der Waals surface area contributed by atoms with E-state index in [0.29, 0.717) is 67.0 Å². The summed E-state index contributed by atoms with van der Waals surface area (Å²) in [6.07, 6.45) is -3.92. The Hall–Kier alpha value is -7.88. The molecule has 40 heteroatoms. The summed E-state index contributed by atoms with van der Waals surface area (Å²) < 4.78 is 65.2. The van der Waals surface area contributed by atoms with Crippen molar-refractivity contribution >= 4 is 83.1 Å². The molecule has 5 unspecified atom stereocenters. The van der Waals surface area contributed by atoms with Crippen LogP contribution in [0.25, 0.3) is 48.8 Å². The van der Waals surface area contributed by atoms with E-state index in [1.54, 1.807) is 9.13 Å². The first-order valence-corrected chi connectivity index (χ1v) is 43.6. The van der Waals surface area contributed by atoms with Gasteiger partial charge in [-0.25, -0.2) is 31.0 Å². The standard InChI is InChI=1S/C32H47N8O6P.C26H47N5O6Si2.C14H20N8O4/c1-9-24-27(46-47(44-16-15-33-8)40(21(4)5)22(6)7)25(36-32(42)43-18-23-13-11-10-12-14-23)30(45-24)39-19-35-26-28(39)37-31(38-29(26)41)34-17-20(2)3;1-14(2)11-27-26-29-23-20(24(33)30-26)28-13-31(23)25-21(32)22-19(35-25)12-34-38(15(3)4,16(5)6)37-39(36-22,17(7)8)18(9)10;1-6(2)3-16-14-18-11-9(12(25)19-14)17-5-22(11)13-8(20-21-15)10(24)7(4-23)26-13/h10-14,19-22,24-25,27,30H,9,15-18H2,1-7H3,(H,36,42)(H2,34,37,38,41);13-19,21-22,25,32H,11-12H2,1-10H3,(H2,27,29,30,33);5-8,10,13,23-24H,3-4H2,1-2H3,(H2,16,18,19,25)/t24-,25-,27-,30?,47?;19-,21-,22?,25?;7-,8-,10-,13?/m111/s1. The third-order valence-electron chi connectivity index (χ3n) is 19.6. The van der Waals surface area contributed by atoms with Gasteiger partial charge in [0.25, 0.3) is 25.2 Å². The number of imidazole rings is 3. The van der Waals surface area contributed by atoms with Gasteiger partial charge < -0.3 is 82.4 Å². The summed E-state index contributed by atoms with van der Waals surface area (Å²) in [5, 5.41) is 47.2. The van der Waals surface area contributed by atoms with Crippen molar-refractivity contribution in [2.75, 3.05) is 62.0 Å². The number of anilines is 3. The van der Waals surface area contributed by atoms with Gasteiger partial charge >= 0.3 is 23.2 Å². The molecule has 11 rings (SSSR count). The maximum Gasteiger partial charge on any atom is 0.407 e. The highest BCUT2D eigenvalue weighted by Crippen LogP contribution is 2.52. The lowest BCUT2D eigenvalue weighted by Crippen LogP contribution is -2.65. The fourth-order valence-electron chi connectivity index (χ4n) is 14.0. The molecule has 7 aromatic rings. The lowest BCUT2D eigenvalue weighted by Gasteiger charge is -2.51. The number of hydrogen-bond donors (Lipinski definition) is 10. The number of rotatable bonds is 30. The van der Waals surface area contributed by atoms with Gasteiger partial charge in [-0.15, -0.1) is 0 Å². The van der Waals surface area contributed by atoms with E-state index >= 15 is 0 Å². The van der Waals surface area contributed by atoms with Crippen LogP contribution in [0.4, 0.5) is 22.6 Å². The lowest BCUT2D eigenvalue weighted by molar-refractivity contribution is -0.0570. The lowest BCUT2D eigenvalue weighted by atomic mass is 10.1. The maximum atomic E-state index is 13.4. The van der Waals surface area contributed by atoms with Crippen LogP contribution in [0.2, 0.25) is 22.2 Å². The van der Waals surface area contributed by atoms with E-state index in [0.717, 1.165) is 5.56 Å². The van der Waals surface area contributed by atoms with Gasteiger partial charge in [0.1, 0.15) is 62.0 Å². The van der Waals surface area contributed by atoms with Crippen LogP contribution in [-0.4, -0.2) is 215 Å². The van der Waals surface area contributed by atoms with Gasteiger partial charge in [0, 0.05) is 36.6 Å². The Bertz CT molecular complexity index is 4480. The van der Waals surface area contributed by atoms with Crippen molar-refractivity contribution in [3.63, 3.8) is 0 Å². The molecule has 6 aromatic heterocycles. The number of carbonyl (C=O) groups is 1. The predicted octanol–water partition coefficient (Wildman–Crippen LogP) is 9.98. The van der Waals surface area contributed by atoms with Crippen LogP contribution in [0.1, 0.15) is 162 Å². The monoisotopic (exact) mass is 1620 g/mol. The van der Waals surface area contributed by atoms with Gasteiger partial charge in [-0.05, 0) is 85.1 Å². The molecular formula is C72H114N21O16PSi2. The number of nitrogens with one attached hydrogen (secondary N) is 7. The molecule has 1 aromatic carbocycles. The van der Waals surface area contributed by atoms with Gasteiger partial charge in [0.15, 0.2) is 45.9 Å². The van der Waals surface area contributed by atoms with Crippen molar-refractivity contribution in [3.8, 4) is 0 Å². The fraction of sp³-hybridized carbons (Fsp3) is 0.681.